The lowest BCUT2D eigenvalue weighted by Gasteiger charge is -2.10. The molecule has 1 rings (SSSR count). The molecular weight excluding hydrogens is 162 g/mol. The summed E-state index contributed by atoms with van der Waals surface area (Å²) >= 11 is 0. The van der Waals surface area contributed by atoms with Crippen molar-refractivity contribution in [3.8, 4) is 0 Å². The summed E-state index contributed by atoms with van der Waals surface area (Å²) in [4.78, 5) is 0. The molecule has 0 heterocycles. The maximum absolute atomic E-state index is 5.13. The van der Waals surface area contributed by atoms with Crippen LogP contribution in [0.1, 0.15) is 12.5 Å². The molecule has 1 N–H and O–H groups in total. The molecule has 0 aromatic heterocycles. The van der Waals surface area contributed by atoms with Gasteiger partial charge >= 0.3 is 0 Å². The Bertz CT molecular complexity index is 223. The number of nitrogens with one attached hydrogen (secondary N) is 1. The number of hydrogen-bond acceptors (Lipinski definition) is 2. The molecule has 2 nitrogen and oxygen atoms in total. The smallest absolute Gasteiger partial charge is 0.0667 e. The van der Waals surface area contributed by atoms with Gasteiger partial charge in [0.15, 0.2) is 0 Å². The molecule has 0 amide bonds. The highest BCUT2D eigenvalue weighted by Gasteiger charge is 1.97. The Morgan fingerprint density at radius 2 is 2.00 bits per heavy atom. The van der Waals surface area contributed by atoms with Crippen molar-refractivity contribution < 1.29 is 4.74 Å². The monoisotopic (exact) mass is 179 g/mol. The minimum absolute atomic E-state index is 0.281. The van der Waals surface area contributed by atoms with E-state index in [1.165, 1.54) is 5.56 Å². The summed E-state index contributed by atoms with van der Waals surface area (Å²) in [5.74, 6) is 0. The van der Waals surface area contributed by atoms with Gasteiger partial charge in [-0.25, -0.2) is 0 Å². The fourth-order valence-electron chi connectivity index (χ4n) is 1.10. The molecule has 0 spiro atoms. The first kappa shape index (κ1) is 10.2. The van der Waals surface area contributed by atoms with E-state index in [0.29, 0.717) is 0 Å². The van der Waals surface area contributed by atoms with Crippen molar-refractivity contribution in [2.24, 2.45) is 0 Å². The summed E-state index contributed by atoms with van der Waals surface area (Å²) < 4.78 is 5.13. The molecule has 0 aliphatic heterocycles. The molecule has 0 radical (unpaired) electrons. The van der Waals surface area contributed by atoms with E-state index >= 15 is 0 Å². The first-order valence-corrected chi connectivity index (χ1v) is 4.60. The molecule has 1 atom stereocenters. The van der Waals surface area contributed by atoms with E-state index in [0.717, 1.165) is 13.1 Å². The topological polar surface area (TPSA) is 21.3 Å². The van der Waals surface area contributed by atoms with Crippen molar-refractivity contribution in [3.63, 3.8) is 0 Å². The lowest BCUT2D eigenvalue weighted by Crippen LogP contribution is -2.25. The Labute approximate surface area is 79.9 Å². The van der Waals surface area contributed by atoms with Crippen LogP contribution < -0.4 is 5.32 Å². The van der Waals surface area contributed by atoms with Gasteiger partial charge in [-0.1, -0.05) is 30.3 Å². The van der Waals surface area contributed by atoms with Gasteiger partial charge in [-0.15, -0.1) is 0 Å². The number of methoxy groups -OCH3 is 1. The van der Waals surface area contributed by atoms with E-state index in [-0.39, 0.29) is 6.10 Å². The number of hydrogen-bond donors (Lipinski definition) is 1. The number of benzene rings is 1. The summed E-state index contributed by atoms with van der Waals surface area (Å²) in [7, 11) is 1.73. The highest BCUT2D eigenvalue weighted by molar-refractivity contribution is 5.14. The van der Waals surface area contributed by atoms with Gasteiger partial charge in [0, 0.05) is 20.2 Å². The fraction of sp³-hybridized carbons (Fsp3) is 0.455. The van der Waals surface area contributed by atoms with Gasteiger partial charge in [0.1, 0.15) is 0 Å². The van der Waals surface area contributed by atoms with E-state index in [9.17, 15) is 0 Å². The lowest BCUT2D eigenvalue weighted by atomic mass is 10.2. The molecule has 0 fully saturated rings. The van der Waals surface area contributed by atoms with Crippen LogP contribution in [-0.4, -0.2) is 19.8 Å². The van der Waals surface area contributed by atoms with Gasteiger partial charge in [-0.05, 0) is 12.5 Å². The maximum atomic E-state index is 5.13. The average molecular weight is 179 g/mol. The zero-order valence-corrected chi connectivity index (χ0v) is 8.29. The summed E-state index contributed by atoms with van der Waals surface area (Å²) in [5, 5.41) is 3.33. The van der Waals surface area contributed by atoms with E-state index in [2.05, 4.69) is 36.5 Å². The molecule has 2 heteroatoms. The van der Waals surface area contributed by atoms with Crippen LogP contribution in [0.25, 0.3) is 0 Å². The number of ether oxygens (including phenoxy) is 1. The predicted molar refractivity (Wildman–Crippen MR) is 54.6 cm³/mol. The first-order chi connectivity index (χ1) is 6.33. The Hall–Kier alpha value is -0.860. The average Bonchev–Trinajstić information content (AvgIpc) is 2.19. The van der Waals surface area contributed by atoms with E-state index in [1.54, 1.807) is 7.11 Å². The second kappa shape index (κ2) is 5.73. The molecule has 72 valence electrons. The molecule has 0 aliphatic rings. The molecule has 13 heavy (non-hydrogen) atoms. The van der Waals surface area contributed by atoms with E-state index in [4.69, 9.17) is 4.74 Å². The van der Waals surface area contributed by atoms with Crippen LogP contribution in [0, 0.1) is 0 Å². The van der Waals surface area contributed by atoms with Crippen molar-refractivity contribution in [1.29, 1.82) is 0 Å². The van der Waals surface area contributed by atoms with Crippen molar-refractivity contribution in [2.75, 3.05) is 13.7 Å². The third-order valence-electron chi connectivity index (χ3n) is 2.01. The third kappa shape index (κ3) is 4.06. The zero-order chi connectivity index (χ0) is 9.52. The van der Waals surface area contributed by atoms with Crippen LogP contribution in [0.3, 0.4) is 0 Å². The van der Waals surface area contributed by atoms with Crippen LogP contribution in [0.2, 0.25) is 0 Å². The fourth-order valence-corrected chi connectivity index (χ4v) is 1.10. The lowest BCUT2D eigenvalue weighted by molar-refractivity contribution is 0.117. The first-order valence-electron chi connectivity index (χ1n) is 4.60. The molecule has 1 aromatic carbocycles. The highest BCUT2D eigenvalue weighted by Crippen LogP contribution is 1.97. The number of rotatable bonds is 5. The van der Waals surface area contributed by atoms with Crippen molar-refractivity contribution in [1.82, 2.24) is 5.32 Å². The van der Waals surface area contributed by atoms with Gasteiger partial charge in [-0.2, -0.15) is 0 Å². The molecule has 0 bridgehead atoms. The summed E-state index contributed by atoms with van der Waals surface area (Å²) in [5.41, 5.74) is 1.31. The minimum Gasteiger partial charge on any atom is -0.380 e. The van der Waals surface area contributed by atoms with Gasteiger partial charge in [0.2, 0.25) is 0 Å². The molecule has 0 saturated heterocycles. The van der Waals surface area contributed by atoms with Gasteiger partial charge in [0.25, 0.3) is 0 Å². The molecule has 0 saturated carbocycles. The van der Waals surface area contributed by atoms with E-state index < -0.39 is 0 Å². The normalized spacial score (nSPS) is 12.8. The predicted octanol–water partition coefficient (Wildman–Crippen LogP) is 1.81. The van der Waals surface area contributed by atoms with Crippen molar-refractivity contribution in [2.45, 2.75) is 19.6 Å². The molecule has 0 aliphatic carbocycles. The molecular formula is C11H17NO. The minimum atomic E-state index is 0.281. The van der Waals surface area contributed by atoms with Crippen LogP contribution in [0.5, 0.6) is 0 Å². The van der Waals surface area contributed by atoms with Gasteiger partial charge < -0.3 is 10.1 Å². The zero-order valence-electron chi connectivity index (χ0n) is 8.29. The quantitative estimate of drug-likeness (QED) is 0.744. The van der Waals surface area contributed by atoms with Crippen molar-refractivity contribution >= 4 is 0 Å². The second-order valence-corrected chi connectivity index (χ2v) is 3.16. The maximum Gasteiger partial charge on any atom is 0.0667 e. The summed E-state index contributed by atoms with van der Waals surface area (Å²) in [6.45, 7) is 3.86. The Morgan fingerprint density at radius 1 is 1.31 bits per heavy atom. The van der Waals surface area contributed by atoms with Crippen LogP contribution in [-0.2, 0) is 11.3 Å². The van der Waals surface area contributed by atoms with E-state index in [1.807, 2.05) is 6.07 Å². The Kier molecular flexibility index (Phi) is 4.50. The van der Waals surface area contributed by atoms with Crippen molar-refractivity contribution in [3.05, 3.63) is 35.9 Å². The molecule has 1 aromatic rings. The Balaban J connectivity index is 2.20. The standard InChI is InChI=1S/C11H17NO/c1-10(13-2)8-12-9-11-6-4-3-5-7-11/h3-7,10,12H,8-9H2,1-2H3. The Morgan fingerprint density at radius 3 is 2.62 bits per heavy atom. The van der Waals surface area contributed by atoms with Gasteiger partial charge in [0.05, 0.1) is 6.10 Å². The van der Waals surface area contributed by atoms with Gasteiger partial charge in [-0.3, -0.25) is 0 Å². The second-order valence-electron chi connectivity index (χ2n) is 3.16. The SMILES string of the molecule is COC(C)CNCc1ccccc1. The van der Waals surface area contributed by atoms with Crippen LogP contribution in [0.15, 0.2) is 30.3 Å². The van der Waals surface area contributed by atoms with Crippen LogP contribution in [0.4, 0.5) is 0 Å². The summed E-state index contributed by atoms with van der Waals surface area (Å²) in [6, 6.07) is 10.4. The largest absolute Gasteiger partial charge is 0.380 e. The highest BCUT2D eigenvalue weighted by atomic mass is 16.5. The molecule has 1 unspecified atom stereocenters. The van der Waals surface area contributed by atoms with Crippen LogP contribution >= 0.6 is 0 Å². The summed E-state index contributed by atoms with van der Waals surface area (Å²) in [6.07, 6.45) is 0.281. The third-order valence-corrected chi connectivity index (χ3v) is 2.01.